The number of hydrogen-bond acceptors (Lipinski definition) is 4. The average Bonchev–Trinajstić information content (AvgIpc) is 3.09. The van der Waals surface area contributed by atoms with Crippen LogP contribution in [0.4, 0.5) is 0 Å². The lowest BCUT2D eigenvalue weighted by atomic mass is 9.93. The van der Waals surface area contributed by atoms with Gasteiger partial charge < -0.3 is 18.9 Å². The number of piperidine rings is 1. The maximum atomic E-state index is 13.0. The molecule has 0 radical (unpaired) electrons. The minimum atomic E-state index is -0.169. The number of esters is 1. The SMILES string of the molecule is COCCn1ccc2c(C(=O)N3CCC(CC(=O)OC)CC3)cccc21. The van der Waals surface area contributed by atoms with E-state index in [0.717, 1.165) is 35.9 Å². The fraction of sp³-hybridized carbons (Fsp3) is 0.500. The van der Waals surface area contributed by atoms with Gasteiger partial charge in [-0.3, -0.25) is 9.59 Å². The molecule has 6 heteroatoms. The predicted octanol–water partition coefficient (Wildman–Crippen LogP) is 2.70. The van der Waals surface area contributed by atoms with E-state index in [4.69, 9.17) is 9.47 Å². The Balaban J connectivity index is 1.71. The molecule has 26 heavy (non-hydrogen) atoms. The number of carbonyl (C=O) groups is 2. The first-order valence-electron chi connectivity index (χ1n) is 9.07. The molecule has 0 bridgehead atoms. The zero-order valence-corrected chi connectivity index (χ0v) is 15.4. The number of aromatic nitrogens is 1. The predicted molar refractivity (Wildman–Crippen MR) is 99.1 cm³/mol. The van der Waals surface area contributed by atoms with Crippen LogP contribution in [0.1, 0.15) is 29.6 Å². The fourth-order valence-corrected chi connectivity index (χ4v) is 3.62. The smallest absolute Gasteiger partial charge is 0.305 e. The molecule has 1 amide bonds. The van der Waals surface area contributed by atoms with Crippen molar-refractivity contribution in [2.45, 2.75) is 25.8 Å². The normalized spacial score (nSPS) is 15.4. The average molecular weight is 358 g/mol. The zero-order valence-electron chi connectivity index (χ0n) is 15.4. The van der Waals surface area contributed by atoms with E-state index in [2.05, 4.69) is 4.57 Å². The van der Waals surface area contributed by atoms with Crippen LogP contribution in [0.15, 0.2) is 30.5 Å². The van der Waals surface area contributed by atoms with Crippen LogP contribution in [-0.4, -0.2) is 55.3 Å². The topological polar surface area (TPSA) is 60.8 Å². The summed E-state index contributed by atoms with van der Waals surface area (Å²) in [4.78, 5) is 26.3. The molecule has 1 saturated heterocycles. The molecule has 2 aromatic rings. The number of methoxy groups -OCH3 is 2. The minimum absolute atomic E-state index is 0.0663. The molecule has 1 aromatic carbocycles. The van der Waals surface area contributed by atoms with Crippen molar-refractivity contribution in [1.29, 1.82) is 0 Å². The Morgan fingerprint density at radius 2 is 1.92 bits per heavy atom. The second kappa shape index (κ2) is 8.36. The molecule has 0 atom stereocenters. The second-order valence-electron chi connectivity index (χ2n) is 6.76. The summed E-state index contributed by atoms with van der Waals surface area (Å²) in [5.74, 6) is 0.200. The van der Waals surface area contributed by atoms with Crippen LogP contribution in [-0.2, 0) is 20.8 Å². The summed E-state index contributed by atoms with van der Waals surface area (Å²) in [5, 5.41) is 0.977. The van der Waals surface area contributed by atoms with E-state index in [0.29, 0.717) is 32.0 Å². The van der Waals surface area contributed by atoms with Crippen LogP contribution in [0, 0.1) is 5.92 Å². The molecule has 0 saturated carbocycles. The van der Waals surface area contributed by atoms with Crippen molar-refractivity contribution in [2.75, 3.05) is 33.9 Å². The Hall–Kier alpha value is -2.34. The molecule has 2 heterocycles. The van der Waals surface area contributed by atoms with Crippen molar-refractivity contribution in [3.05, 3.63) is 36.0 Å². The lowest BCUT2D eigenvalue weighted by Gasteiger charge is -2.31. The van der Waals surface area contributed by atoms with E-state index in [-0.39, 0.29) is 11.9 Å². The number of benzene rings is 1. The van der Waals surface area contributed by atoms with Crippen molar-refractivity contribution in [1.82, 2.24) is 9.47 Å². The van der Waals surface area contributed by atoms with Crippen LogP contribution in [0.5, 0.6) is 0 Å². The minimum Gasteiger partial charge on any atom is -0.469 e. The van der Waals surface area contributed by atoms with Gasteiger partial charge in [-0.1, -0.05) is 6.07 Å². The van der Waals surface area contributed by atoms with Crippen LogP contribution in [0.25, 0.3) is 10.9 Å². The monoisotopic (exact) mass is 358 g/mol. The number of likely N-dealkylation sites (tertiary alicyclic amines) is 1. The van der Waals surface area contributed by atoms with Crippen molar-refractivity contribution >= 4 is 22.8 Å². The summed E-state index contributed by atoms with van der Waals surface area (Å²) in [5.41, 5.74) is 1.79. The molecule has 0 N–H and O–H groups in total. The molecule has 3 rings (SSSR count). The van der Waals surface area contributed by atoms with E-state index >= 15 is 0 Å². The number of ether oxygens (including phenoxy) is 2. The van der Waals surface area contributed by atoms with Crippen LogP contribution >= 0.6 is 0 Å². The van der Waals surface area contributed by atoms with Crippen molar-refractivity contribution in [3.63, 3.8) is 0 Å². The van der Waals surface area contributed by atoms with E-state index in [1.165, 1.54) is 7.11 Å². The highest BCUT2D eigenvalue weighted by molar-refractivity contribution is 6.06. The maximum Gasteiger partial charge on any atom is 0.305 e. The first-order chi connectivity index (χ1) is 12.6. The van der Waals surface area contributed by atoms with Gasteiger partial charge in [0.05, 0.1) is 13.7 Å². The van der Waals surface area contributed by atoms with Crippen molar-refractivity contribution in [2.24, 2.45) is 5.92 Å². The van der Waals surface area contributed by atoms with Gasteiger partial charge >= 0.3 is 5.97 Å². The number of carbonyl (C=O) groups excluding carboxylic acids is 2. The molecule has 1 aliphatic heterocycles. The molecule has 0 unspecified atom stereocenters. The second-order valence-corrected chi connectivity index (χ2v) is 6.76. The Labute approximate surface area is 153 Å². The van der Waals surface area contributed by atoms with Crippen LogP contribution < -0.4 is 0 Å². The largest absolute Gasteiger partial charge is 0.469 e. The molecule has 140 valence electrons. The molecular weight excluding hydrogens is 332 g/mol. The summed E-state index contributed by atoms with van der Waals surface area (Å²) < 4.78 is 12.0. The van der Waals surface area contributed by atoms with Gasteiger partial charge in [0.1, 0.15) is 0 Å². The maximum absolute atomic E-state index is 13.0. The lowest BCUT2D eigenvalue weighted by molar-refractivity contribution is -0.142. The molecular formula is C20H26N2O4. The summed E-state index contributed by atoms with van der Waals surface area (Å²) in [6.45, 7) is 2.76. The lowest BCUT2D eigenvalue weighted by Crippen LogP contribution is -2.39. The van der Waals surface area contributed by atoms with Crippen LogP contribution in [0.2, 0.25) is 0 Å². The van der Waals surface area contributed by atoms with E-state index < -0.39 is 0 Å². The highest BCUT2D eigenvalue weighted by Crippen LogP contribution is 2.25. The van der Waals surface area contributed by atoms with E-state index in [9.17, 15) is 9.59 Å². The third kappa shape index (κ3) is 3.90. The number of rotatable bonds is 6. The van der Waals surface area contributed by atoms with Gasteiger partial charge in [-0.2, -0.15) is 0 Å². The third-order valence-electron chi connectivity index (χ3n) is 5.17. The third-order valence-corrected chi connectivity index (χ3v) is 5.17. The molecule has 6 nitrogen and oxygen atoms in total. The van der Waals surface area contributed by atoms with Gasteiger partial charge in [0.15, 0.2) is 0 Å². The van der Waals surface area contributed by atoms with Gasteiger partial charge in [0.2, 0.25) is 0 Å². The van der Waals surface area contributed by atoms with Gasteiger partial charge in [0.25, 0.3) is 5.91 Å². The van der Waals surface area contributed by atoms with Gasteiger partial charge in [-0.15, -0.1) is 0 Å². The summed E-state index contributed by atoms with van der Waals surface area (Å²) in [7, 11) is 3.10. The number of nitrogens with zero attached hydrogens (tertiary/aromatic N) is 2. The quantitative estimate of drug-likeness (QED) is 0.745. The first kappa shape index (κ1) is 18.5. The number of fused-ring (bicyclic) bond motifs is 1. The molecule has 0 spiro atoms. The highest BCUT2D eigenvalue weighted by atomic mass is 16.5. The summed E-state index contributed by atoms with van der Waals surface area (Å²) in [6, 6.07) is 7.86. The first-order valence-corrected chi connectivity index (χ1v) is 9.07. The Morgan fingerprint density at radius 1 is 1.15 bits per heavy atom. The fourth-order valence-electron chi connectivity index (χ4n) is 3.62. The van der Waals surface area contributed by atoms with Crippen LogP contribution in [0.3, 0.4) is 0 Å². The Kier molecular flexibility index (Phi) is 5.93. The van der Waals surface area contributed by atoms with Gasteiger partial charge in [-0.05, 0) is 37.0 Å². The van der Waals surface area contributed by atoms with E-state index in [1.807, 2.05) is 35.4 Å². The molecule has 0 aliphatic carbocycles. The van der Waals surface area contributed by atoms with Crippen molar-refractivity contribution in [3.8, 4) is 0 Å². The van der Waals surface area contributed by atoms with Gasteiger partial charge in [-0.25, -0.2) is 0 Å². The highest BCUT2D eigenvalue weighted by Gasteiger charge is 2.26. The number of amides is 1. The molecule has 1 aliphatic rings. The molecule has 1 fully saturated rings. The van der Waals surface area contributed by atoms with Crippen molar-refractivity contribution < 1.29 is 19.1 Å². The zero-order chi connectivity index (χ0) is 18.5. The Morgan fingerprint density at radius 3 is 2.62 bits per heavy atom. The van der Waals surface area contributed by atoms with Gasteiger partial charge in [0, 0.05) is 55.8 Å². The Bertz CT molecular complexity index is 775. The molecule has 1 aromatic heterocycles. The summed E-state index contributed by atoms with van der Waals surface area (Å²) in [6.07, 6.45) is 4.12. The number of hydrogen-bond donors (Lipinski definition) is 0. The standard InChI is InChI=1S/C20H26N2O4/c1-25-13-12-21-11-8-16-17(4-3-5-18(16)21)20(24)22-9-6-15(7-10-22)14-19(23)26-2/h3-5,8,11,15H,6-7,9-10,12-14H2,1-2H3. The summed E-state index contributed by atoms with van der Waals surface area (Å²) >= 11 is 0. The van der Waals surface area contributed by atoms with E-state index in [1.54, 1.807) is 7.11 Å².